The van der Waals surface area contributed by atoms with E-state index in [4.69, 9.17) is 4.74 Å². The first-order chi connectivity index (χ1) is 10.8. The van der Waals surface area contributed by atoms with Gasteiger partial charge in [0.15, 0.2) is 11.6 Å². The number of hydrogen-bond donors (Lipinski definition) is 0. The van der Waals surface area contributed by atoms with Crippen LogP contribution in [0.4, 0.5) is 4.39 Å². The summed E-state index contributed by atoms with van der Waals surface area (Å²) in [5.41, 5.74) is 3.19. The van der Waals surface area contributed by atoms with E-state index in [-0.39, 0.29) is 17.5 Å². The molecule has 0 saturated heterocycles. The summed E-state index contributed by atoms with van der Waals surface area (Å²) in [5.74, 6) is -0.0664. The first kappa shape index (κ1) is 14.3. The van der Waals surface area contributed by atoms with Gasteiger partial charge in [-0.3, -0.25) is 0 Å². The Bertz CT molecular complexity index is 699. The molecule has 0 aromatic heterocycles. The molecule has 0 heterocycles. The van der Waals surface area contributed by atoms with E-state index < -0.39 is 0 Å². The highest BCUT2D eigenvalue weighted by Gasteiger charge is 2.18. The van der Waals surface area contributed by atoms with Crippen molar-refractivity contribution in [2.45, 2.75) is 5.92 Å². The zero-order valence-electron chi connectivity index (χ0n) is 12.4. The largest absolute Gasteiger partial charge is 0.494 e. The quantitative estimate of drug-likeness (QED) is 0.614. The molecule has 22 heavy (non-hydrogen) atoms. The minimum Gasteiger partial charge on any atom is -0.494 e. The highest BCUT2D eigenvalue weighted by atomic mass is 19.1. The number of ether oxygens (including phenoxy) is 1. The molecule has 110 valence electrons. The van der Waals surface area contributed by atoms with Crippen LogP contribution >= 0.6 is 0 Å². The molecule has 0 fully saturated rings. The zero-order chi connectivity index (χ0) is 15.4. The van der Waals surface area contributed by atoms with Gasteiger partial charge in [-0.2, -0.15) is 0 Å². The maximum atomic E-state index is 14.1. The highest BCUT2D eigenvalue weighted by Crippen LogP contribution is 2.33. The van der Waals surface area contributed by atoms with Crippen LogP contribution in [0.5, 0.6) is 5.75 Å². The topological polar surface area (TPSA) is 9.23 Å². The highest BCUT2D eigenvalue weighted by molar-refractivity contribution is 5.44. The number of benzene rings is 3. The van der Waals surface area contributed by atoms with Crippen LogP contribution in [-0.2, 0) is 0 Å². The van der Waals surface area contributed by atoms with E-state index in [1.807, 2.05) is 42.5 Å². The molecule has 0 atom stereocenters. The van der Waals surface area contributed by atoms with Crippen LogP contribution in [0.2, 0.25) is 0 Å². The maximum absolute atomic E-state index is 14.1. The van der Waals surface area contributed by atoms with Crippen LogP contribution in [0, 0.1) is 5.82 Å². The third-order valence-corrected chi connectivity index (χ3v) is 3.77. The fourth-order valence-electron chi connectivity index (χ4n) is 2.73. The summed E-state index contributed by atoms with van der Waals surface area (Å²) in [4.78, 5) is 0. The summed E-state index contributed by atoms with van der Waals surface area (Å²) >= 11 is 0. The number of hydrogen-bond acceptors (Lipinski definition) is 1. The van der Waals surface area contributed by atoms with Crippen molar-refractivity contribution in [2.24, 2.45) is 0 Å². The monoisotopic (exact) mass is 292 g/mol. The minimum atomic E-state index is -0.336. The lowest BCUT2D eigenvalue weighted by molar-refractivity contribution is 0.386. The Morgan fingerprint density at radius 2 is 1.27 bits per heavy atom. The molecule has 0 radical (unpaired) electrons. The smallest absolute Gasteiger partial charge is 0.165 e. The normalized spacial score (nSPS) is 10.7. The molecule has 0 bridgehead atoms. The van der Waals surface area contributed by atoms with E-state index >= 15 is 0 Å². The summed E-state index contributed by atoms with van der Waals surface area (Å²) < 4.78 is 19.1. The molecule has 0 aliphatic heterocycles. The van der Waals surface area contributed by atoms with Crippen molar-refractivity contribution in [3.63, 3.8) is 0 Å². The van der Waals surface area contributed by atoms with Gasteiger partial charge < -0.3 is 4.74 Å². The van der Waals surface area contributed by atoms with Crippen molar-refractivity contribution in [3.05, 3.63) is 101 Å². The predicted molar refractivity (Wildman–Crippen MR) is 86.8 cm³/mol. The Labute approximate surface area is 130 Å². The lowest BCUT2D eigenvalue weighted by Crippen LogP contribution is -2.04. The summed E-state index contributed by atoms with van der Waals surface area (Å²) in [5, 5.41) is 0. The first-order valence-electron chi connectivity index (χ1n) is 7.23. The van der Waals surface area contributed by atoms with E-state index in [0.29, 0.717) is 0 Å². The third-order valence-electron chi connectivity index (χ3n) is 3.77. The van der Waals surface area contributed by atoms with Crippen molar-refractivity contribution in [1.29, 1.82) is 0 Å². The molecule has 0 N–H and O–H groups in total. The van der Waals surface area contributed by atoms with Gasteiger partial charge in [-0.05, 0) is 28.8 Å². The van der Waals surface area contributed by atoms with E-state index in [1.54, 1.807) is 12.1 Å². The van der Waals surface area contributed by atoms with E-state index in [1.165, 1.54) is 7.11 Å². The number of rotatable bonds is 4. The summed E-state index contributed by atoms with van der Waals surface area (Å²) in [6.45, 7) is 0. The Hall–Kier alpha value is -2.61. The Balaban J connectivity index is 2.12. The lowest BCUT2D eigenvalue weighted by atomic mass is 9.85. The van der Waals surface area contributed by atoms with Gasteiger partial charge >= 0.3 is 0 Å². The fourth-order valence-corrected chi connectivity index (χ4v) is 2.73. The van der Waals surface area contributed by atoms with Gasteiger partial charge in [-0.15, -0.1) is 0 Å². The summed E-state index contributed by atoms with van der Waals surface area (Å²) in [7, 11) is 1.48. The predicted octanol–water partition coefficient (Wildman–Crippen LogP) is 5.01. The summed E-state index contributed by atoms with van der Waals surface area (Å²) in [6, 6.07) is 25.4. The molecule has 3 rings (SSSR count). The molecule has 0 unspecified atom stereocenters. The zero-order valence-corrected chi connectivity index (χ0v) is 12.4. The molecule has 3 aromatic carbocycles. The Morgan fingerprint density at radius 3 is 1.73 bits per heavy atom. The van der Waals surface area contributed by atoms with Crippen molar-refractivity contribution in [2.75, 3.05) is 7.11 Å². The molecule has 0 amide bonds. The first-order valence-corrected chi connectivity index (χ1v) is 7.23. The Kier molecular flexibility index (Phi) is 4.19. The van der Waals surface area contributed by atoms with Crippen LogP contribution < -0.4 is 4.74 Å². The number of halogens is 1. The van der Waals surface area contributed by atoms with Crippen LogP contribution in [-0.4, -0.2) is 7.11 Å². The van der Waals surface area contributed by atoms with Crippen molar-refractivity contribution in [1.82, 2.24) is 0 Å². The van der Waals surface area contributed by atoms with Gasteiger partial charge in [-0.25, -0.2) is 4.39 Å². The van der Waals surface area contributed by atoms with Crippen molar-refractivity contribution >= 4 is 0 Å². The van der Waals surface area contributed by atoms with Crippen LogP contribution in [0.3, 0.4) is 0 Å². The van der Waals surface area contributed by atoms with Gasteiger partial charge in [0.1, 0.15) is 0 Å². The van der Waals surface area contributed by atoms with E-state index in [2.05, 4.69) is 24.3 Å². The van der Waals surface area contributed by atoms with Crippen LogP contribution in [0.1, 0.15) is 22.6 Å². The molecule has 0 saturated carbocycles. The molecular weight excluding hydrogens is 275 g/mol. The second kappa shape index (κ2) is 6.44. The van der Waals surface area contributed by atoms with E-state index in [0.717, 1.165) is 16.7 Å². The summed E-state index contributed by atoms with van der Waals surface area (Å²) in [6.07, 6.45) is 0. The second-order valence-corrected chi connectivity index (χ2v) is 5.15. The SMILES string of the molecule is COc1ccc(C(c2ccccc2)c2ccccc2)cc1F. The third kappa shape index (κ3) is 2.86. The van der Waals surface area contributed by atoms with Crippen LogP contribution in [0.15, 0.2) is 78.9 Å². The van der Waals surface area contributed by atoms with Gasteiger partial charge in [-0.1, -0.05) is 66.7 Å². The van der Waals surface area contributed by atoms with Crippen molar-refractivity contribution < 1.29 is 9.13 Å². The number of methoxy groups -OCH3 is 1. The maximum Gasteiger partial charge on any atom is 0.165 e. The molecule has 3 aromatic rings. The van der Waals surface area contributed by atoms with Gasteiger partial charge in [0, 0.05) is 5.92 Å². The molecule has 1 nitrogen and oxygen atoms in total. The van der Waals surface area contributed by atoms with Gasteiger partial charge in [0.2, 0.25) is 0 Å². The molecule has 0 spiro atoms. The average Bonchev–Trinajstić information content (AvgIpc) is 2.57. The molecular formula is C20H17FO. The molecule has 0 aliphatic rings. The molecule has 2 heteroatoms. The average molecular weight is 292 g/mol. The minimum absolute atomic E-state index is 0.00260. The van der Waals surface area contributed by atoms with Crippen LogP contribution in [0.25, 0.3) is 0 Å². The van der Waals surface area contributed by atoms with Crippen molar-refractivity contribution in [3.8, 4) is 5.75 Å². The van der Waals surface area contributed by atoms with Gasteiger partial charge in [0.05, 0.1) is 7.11 Å². The second-order valence-electron chi connectivity index (χ2n) is 5.15. The molecule has 0 aliphatic carbocycles. The van der Waals surface area contributed by atoms with E-state index in [9.17, 15) is 4.39 Å². The van der Waals surface area contributed by atoms with Gasteiger partial charge in [0.25, 0.3) is 0 Å². The lowest BCUT2D eigenvalue weighted by Gasteiger charge is -2.19. The Morgan fingerprint density at radius 1 is 0.727 bits per heavy atom. The standard InChI is InChI=1S/C20H17FO/c1-22-19-13-12-17(14-18(19)21)20(15-8-4-2-5-9-15)16-10-6-3-7-11-16/h2-14,20H,1H3. The fraction of sp³-hybridized carbons (Fsp3) is 0.100.